The molecule has 3 rings (SSSR count). The van der Waals surface area contributed by atoms with Crippen molar-refractivity contribution < 1.29 is 9.59 Å². The van der Waals surface area contributed by atoms with Crippen LogP contribution in [0.2, 0.25) is 0 Å². The number of carbonyl (C=O) groups excluding carboxylic acids is 2. The molecule has 1 aromatic rings. The first-order valence-electron chi connectivity index (χ1n) is 8.23. The normalized spacial score (nSPS) is 21.6. The maximum absolute atomic E-state index is 12.6. The van der Waals surface area contributed by atoms with E-state index in [1.807, 2.05) is 9.80 Å². The first kappa shape index (κ1) is 16.2. The maximum Gasteiger partial charge on any atom is 0.226 e. The number of rotatable bonds is 2. The molecular weight excluding hydrogens is 306 g/mol. The number of nitriles is 1. The van der Waals surface area contributed by atoms with Gasteiger partial charge >= 0.3 is 0 Å². The van der Waals surface area contributed by atoms with Crippen LogP contribution in [0.5, 0.6) is 0 Å². The van der Waals surface area contributed by atoms with E-state index >= 15 is 0 Å². The zero-order valence-electron chi connectivity index (χ0n) is 13.8. The highest BCUT2D eigenvalue weighted by atomic mass is 16.2. The topological polar surface area (TPSA) is 80.5 Å². The van der Waals surface area contributed by atoms with Gasteiger partial charge in [0.25, 0.3) is 0 Å². The fourth-order valence-electron chi connectivity index (χ4n) is 3.29. The molecule has 0 bridgehead atoms. The molecule has 2 aliphatic heterocycles. The molecule has 0 aliphatic carbocycles. The van der Waals surface area contributed by atoms with Crippen LogP contribution < -0.4 is 4.90 Å². The summed E-state index contributed by atoms with van der Waals surface area (Å²) in [6, 6.07) is 5.66. The highest BCUT2D eigenvalue weighted by Crippen LogP contribution is 2.22. The van der Waals surface area contributed by atoms with Crippen LogP contribution in [0.25, 0.3) is 0 Å². The van der Waals surface area contributed by atoms with Crippen LogP contribution in [0.4, 0.5) is 5.82 Å². The van der Waals surface area contributed by atoms with Crippen molar-refractivity contribution in [2.75, 3.05) is 44.7 Å². The standard InChI is InChI=1S/C17H21N5O2/c1-20-6-4-13(11-15(20)23)17(24)22-9-7-21(8-10-22)16-14(12-18)3-2-5-19-16/h2-3,5,13H,4,6-11H2,1H3. The van der Waals surface area contributed by atoms with Crippen LogP contribution in [0, 0.1) is 17.2 Å². The summed E-state index contributed by atoms with van der Waals surface area (Å²) in [5.41, 5.74) is 0.554. The second-order valence-corrected chi connectivity index (χ2v) is 6.30. The Balaban J connectivity index is 1.60. The van der Waals surface area contributed by atoms with Crippen molar-refractivity contribution in [3.05, 3.63) is 23.9 Å². The Bertz CT molecular complexity index is 676. The lowest BCUT2D eigenvalue weighted by atomic mass is 9.94. The molecule has 1 aromatic heterocycles. The van der Waals surface area contributed by atoms with Crippen LogP contribution in [0.3, 0.4) is 0 Å². The van der Waals surface area contributed by atoms with Crippen molar-refractivity contribution >= 4 is 17.6 Å². The van der Waals surface area contributed by atoms with Gasteiger partial charge in [-0.2, -0.15) is 5.26 Å². The van der Waals surface area contributed by atoms with Crippen molar-refractivity contribution in [3.63, 3.8) is 0 Å². The summed E-state index contributed by atoms with van der Waals surface area (Å²) >= 11 is 0. The van der Waals surface area contributed by atoms with Crippen molar-refractivity contribution in [2.45, 2.75) is 12.8 Å². The summed E-state index contributed by atoms with van der Waals surface area (Å²) in [7, 11) is 1.78. The number of nitrogens with zero attached hydrogens (tertiary/aromatic N) is 5. The van der Waals surface area contributed by atoms with Crippen molar-refractivity contribution in [1.29, 1.82) is 5.26 Å². The van der Waals surface area contributed by atoms with Crippen molar-refractivity contribution in [3.8, 4) is 6.07 Å². The summed E-state index contributed by atoms with van der Waals surface area (Å²) in [6.07, 6.45) is 2.73. The smallest absolute Gasteiger partial charge is 0.226 e. The molecule has 126 valence electrons. The predicted molar refractivity (Wildman–Crippen MR) is 88.1 cm³/mol. The fraction of sp³-hybridized carbons (Fsp3) is 0.529. The molecule has 0 saturated carbocycles. The van der Waals surface area contributed by atoms with Gasteiger partial charge in [-0.3, -0.25) is 9.59 Å². The lowest BCUT2D eigenvalue weighted by Crippen LogP contribution is -2.52. The molecule has 0 spiro atoms. The lowest BCUT2D eigenvalue weighted by Gasteiger charge is -2.38. The number of pyridine rings is 1. The van der Waals surface area contributed by atoms with E-state index in [1.54, 1.807) is 30.3 Å². The fourth-order valence-corrected chi connectivity index (χ4v) is 3.29. The highest BCUT2D eigenvalue weighted by molar-refractivity contribution is 5.87. The largest absolute Gasteiger partial charge is 0.352 e. The number of hydrogen-bond acceptors (Lipinski definition) is 5. The summed E-state index contributed by atoms with van der Waals surface area (Å²) in [5.74, 6) is 0.620. The summed E-state index contributed by atoms with van der Waals surface area (Å²) in [5, 5.41) is 9.19. The first-order valence-corrected chi connectivity index (χ1v) is 8.23. The van der Waals surface area contributed by atoms with Crippen LogP contribution in [0.15, 0.2) is 18.3 Å². The Kier molecular flexibility index (Phi) is 4.65. The predicted octanol–water partition coefficient (Wildman–Crippen LogP) is 0.470. The van der Waals surface area contributed by atoms with E-state index in [0.717, 1.165) is 6.42 Å². The molecule has 1 atom stereocenters. The first-order chi connectivity index (χ1) is 11.6. The monoisotopic (exact) mass is 327 g/mol. The van der Waals surface area contributed by atoms with Crippen LogP contribution in [-0.2, 0) is 9.59 Å². The van der Waals surface area contributed by atoms with Gasteiger partial charge in [0, 0.05) is 58.3 Å². The van der Waals surface area contributed by atoms with Crippen LogP contribution >= 0.6 is 0 Å². The molecule has 2 fully saturated rings. The minimum absolute atomic E-state index is 0.0467. The number of likely N-dealkylation sites (tertiary alicyclic amines) is 1. The number of hydrogen-bond donors (Lipinski definition) is 0. The number of piperazine rings is 1. The van der Waals surface area contributed by atoms with Gasteiger partial charge in [0.2, 0.25) is 11.8 Å². The van der Waals surface area contributed by atoms with Gasteiger partial charge in [0.15, 0.2) is 0 Å². The minimum atomic E-state index is -0.190. The molecule has 3 heterocycles. The third-order valence-electron chi connectivity index (χ3n) is 4.81. The van der Waals surface area contributed by atoms with Gasteiger partial charge < -0.3 is 14.7 Å². The van der Waals surface area contributed by atoms with E-state index in [4.69, 9.17) is 0 Å². The second-order valence-electron chi connectivity index (χ2n) is 6.30. The Morgan fingerprint density at radius 2 is 2.04 bits per heavy atom. The zero-order chi connectivity index (χ0) is 17.1. The minimum Gasteiger partial charge on any atom is -0.352 e. The van der Waals surface area contributed by atoms with Crippen molar-refractivity contribution in [2.24, 2.45) is 5.92 Å². The molecule has 0 radical (unpaired) electrons. The number of anilines is 1. The van der Waals surface area contributed by atoms with Gasteiger partial charge in [-0.1, -0.05) is 0 Å². The third-order valence-corrected chi connectivity index (χ3v) is 4.81. The Labute approximate surface area is 141 Å². The highest BCUT2D eigenvalue weighted by Gasteiger charge is 2.33. The molecular formula is C17H21N5O2. The molecule has 2 amide bonds. The third kappa shape index (κ3) is 3.18. The molecule has 7 nitrogen and oxygen atoms in total. The maximum atomic E-state index is 12.6. The molecule has 24 heavy (non-hydrogen) atoms. The van der Waals surface area contributed by atoms with Crippen LogP contribution in [-0.4, -0.2) is 66.4 Å². The number of piperidine rings is 1. The Morgan fingerprint density at radius 3 is 2.71 bits per heavy atom. The number of aromatic nitrogens is 1. The molecule has 0 aromatic carbocycles. The van der Waals surface area contributed by atoms with E-state index < -0.39 is 0 Å². The summed E-state index contributed by atoms with van der Waals surface area (Å²) in [6.45, 7) is 3.15. The van der Waals surface area contributed by atoms with E-state index in [2.05, 4.69) is 11.1 Å². The Morgan fingerprint density at radius 1 is 1.29 bits per heavy atom. The van der Waals surface area contributed by atoms with E-state index in [1.165, 1.54) is 0 Å². The summed E-state index contributed by atoms with van der Waals surface area (Å²) in [4.78, 5) is 34.3. The quantitative estimate of drug-likeness (QED) is 0.789. The van der Waals surface area contributed by atoms with Gasteiger partial charge in [-0.05, 0) is 18.6 Å². The van der Waals surface area contributed by atoms with E-state index in [-0.39, 0.29) is 17.7 Å². The van der Waals surface area contributed by atoms with E-state index in [0.29, 0.717) is 50.5 Å². The van der Waals surface area contributed by atoms with Crippen molar-refractivity contribution in [1.82, 2.24) is 14.8 Å². The average molecular weight is 327 g/mol. The second kappa shape index (κ2) is 6.87. The summed E-state index contributed by atoms with van der Waals surface area (Å²) < 4.78 is 0. The van der Waals surface area contributed by atoms with Gasteiger partial charge in [-0.15, -0.1) is 0 Å². The Hall–Kier alpha value is -2.62. The van der Waals surface area contributed by atoms with E-state index in [9.17, 15) is 14.9 Å². The molecule has 2 saturated heterocycles. The SMILES string of the molecule is CN1CCC(C(=O)N2CCN(c3ncccc3C#N)CC2)CC1=O. The lowest BCUT2D eigenvalue weighted by molar-refractivity contribution is -0.144. The van der Waals surface area contributed by atoms with Crippen LogP contribution in [0.1, 0.15) is 18.4 Å². The molecule has 2 aliphatic rings. The zero-order valence-corrected chi connectivity index (χ0v) is 13.8. The molecule has 7 heteroatoms. The number of amides is 2. The molecule has 0 N–H and O–H groups in total. The molecule has 1 unspecified atom stereocenters. The van der Waals surface area contributed by atoms with Gasteiger partial charge in [-0.25, -0.2) is 4.98 Å². The number of carbonyl (C=O) groups is 2. The van der Waals surface area contributed by atoms with Gasteiger partial charge in [0.1, 0.15) is 11.9 Å². The average Bonchev–Trinajstić information content (AvgIpc) is 2.63. The van der Waals surface area contributed by atoms with Gasteiger partial charge in [0.05, 0.1) is 5.56 Å².